The highest BCUT2D eigenvalue weighted by atomic mass is 16.4. The third-order valence-electron chi connectivity index (χ3n) is 3.47. The van der Waals surface area contributed by atoms with Gasteiger partial charge in [-0.3, -0.25) is 0 Å². The zero-order valence-corrected chi connectivity index (χ0v) is 9.36. The molecule has 4 nitrogen and oxygen atoms in total. The molecular formula is C13H14N2O2. The van der Waals surface area contributed by atoms with Gasteiger partial charge in [-0.05, 0) is 43.0 Å². The minimum absolute atomic E-state index is 0.190. The summed E-state index contributed by atoms with van der Waals surface area (Å²) < 4.78 is 0. The van der Waals surface area contributed by atoms with Gasteiger partial charge in [0.2, 0.25) is 0 Å². The van der Waals surface area contributed by atoms with Gasteiger partial charge in [-0.2, -0.15) is 0 Å². The number of carbonyl (C=O) groups is 1. The molecule has 0 fully saturated rings. The summed E-state index contributed by atoms with van der Waals surface area (Å²) in [6, 6.07) is 5.40. The molecule has 2 aromatic rings. The normalized spacial score (nSPS) is 19.2. The average molecular weight is 230 g/mol. The molecule has 0 radical (unpaired) electrons. The summed E-state index contributed by atoms with van der Waals surface area (Å²) in [5.74, 6) is -0.887. The highest BCUT2D eigenvalue weighted by molar-refractivity contribution is 5.95. The molecule has 0 saturated carbocycles. The maximum absolute atomic E-state index is 11.0. The van der Waals surface area contributed by atoms with Crippen molar-refractivity contribution in [1.82, 2.24) is 4.98 Å². The van der Waals surface area contributed by atoms with Crippen LogP contribution in [-0.2, 0) is 12.8 Å². The summed E-state index contributed by atoms with van der Waals surface area (Å²) in [7, 11) is 0. The van der Waals surface area contributed by atoms with E-state index in [1.54, 1.807) is 12.1 Å². The Morgan fingerprint density at radius 3 is 3.06 bits per heavy atom. The first-order valence-electron chi connectivity index (χ1n) is 5.77. The quantitative estimate of drug-likeness (QED) is 0.697. The minimum atomic E-state index is -0.887. The SMILES string of the molecule is N[C@H]1CCc2[nH]c3ccc(C(=O)O)cc3c2C1. The molecule has 1 aliphatic carbocycles. The van der Waals surface area contributed by atoms with Gasteiger partial charge in [-0.25, -0.2) is 4.79 Å². The third kappa shape index (κ3) is 1.61. The number of aromatic nitrogens is 1. The Morgan fingerprint density at radius 2 is 2.29 bits per heavy atom. The fraction of sp³-hybridized carbons (Fsp3) is 0.308. The van der Waals surface area contributed by atoms with Crippen LogP contribution < -0.4 is 5.73 Å². The molecule has 0 unspecified atom stereocenters. The van der Waals surface area contributed by atoms with Crippen molar-refractivity contribution in [2.24, 2.45) is 5.73 Å². The fourth-order valence-corrected chi connectivity index (χ4v) is 2.58. The van der Waals surface area contributed by atoms with Crippen LogP contribution in [0.2, 0.25) is 0 Å². The number of hydrogen-bond donors (Lipinski definition) is 3. The second-order valence-electron chi connectivity index (χ2n) is 4.65. The number of carboxylic acid groups (broad SMARTS) is 1. The van der Waals surface area contributed by atoms with Crippen molar-refractivity contribution in [3.05, 3.63) is 35.0 Å². The van der Waals surface area contributed by atoms with Crippen molar-refractivity contribution >= 4 is 16.9 Å². The van der Waals surface area contributed by atoms with Crippen LogP contribution in [0.4, 0.5) is 0 Å². The third-order valence-corrected chi connectivity index (χ3v) is 3.47. The Hall–Kier alpha value is -1.81. The summed E-state index contributed by atoms with van der Waals surface area (Å²) in [5, 5.41) is 10.0. The first kappa shape index (κ1) is 10.4. The molecule has 1 aromatic carbocycles. The molecule has 1 heterocycles. The molecule has 1 aromatic heterocycles. The summed E-state index contributed by atoms with van der Waals surface area (Å²) >= 11 is 0. The molecule has 0 bridgehead atoms. The summed E-state index contributed by atoms with van der Waals surface area (Å²) in [6.45, 7) is 0. The van der Waals surface area contributed by atoms with Crippen LogP contribution >= 0.6 is 0 Å². The lowest BCUT2D eigenvalue weighted by Gasteiger charge is -2.18. The molecule has 3 rings (SSSR count). The number of carboxylic acids is 1. The van der Waals surface area contributed by atoms with Crippen molar-refractivity contribution in [2.75, 3.05) is 0 Å². The van der Waals surface area contributed by atoms with E-state index in [0.717, 1.165) is 30.2 Å². The van der Waals surface area contributed by atoms with Gasteiger partial charge in [0.1, 0.15) is 0 Å². The Balaban J connectivity index is 2.21. The van der Waals surface area contributed by atoms with Gasteiger partial charge < -0.3 is 15.8 Å². The Bertz CT molecular complexity index is 601. The molecule has 4 N–H and O–H groups in total. The fourth-order valence-electron chi connectivity index (χ4n) is 2.58. The van der Waals surface area contributed by atoms with Crippen LogP contribution in [0.5, 0.6) is 0 Å². The largest absolute Gasteiger partial charge is 0.478 e. The number of aromatic amines is 1. The van der Waals surface area contributed by atoms with Gasteiger partial charge in [0, 0.05) is 22.6 Å². The second kappa shape index (κ2) is 3.60. The van der Waals surface area contributed by atoms with E-state index in [9.17, 15) is 4.79 Å². The molecule has 0 aliphatic heterocycles. The molecule has 0 amide bonds. The number of hydrogen-bond acceptors (Lipinski definition) is 2. The number of aryl methyl sites for hydroxylation is 1. The van der Waals surface area contributed by atoms with Crippen molar-refractivity contribution in [1.29, 1.82) is 0 Å². The number of nitrogens with two attached hydrogens (primary N) is 1. The van der Waals surface area contributed by atoms with Gasteiger partial charge in [0.25, 0.3) is 0 Å². The highest BCUT2D eigenvalue weighted by Gasteiger charge is 2.20. The summed E-state index contributed by atoms with van der Waals surface area (Å²) in [5.41, 5.74) is 9.72. The molecule has 0 saturated heterocycles. The van der Waals surface area contributed by atoms with E-state index in [2.05, 4.69) is 4.98 Å². The lowest BCUT2D eigenvalue weighted by atomic mass is 9.92. The van der Waals surface area contributed by atoms with E-state index >= 15 is 0 Å². The van der Waals surface area contributed by atoms with Crippen molar-refractivity contribution in [2.45, 2.75) is 25.3 Å². The first-order chi connectivity index (χ1) is 8.15. The zero-order valence-electron chi connectivity index (χ0n) is 9.36. The topological polar surface area (TPSA) is 79.1 Å². The Kier molecular flexibility index (Phi) is 2.19. The minimum Gasteiger partial charge on any atom is -0.478 e. The standard InChI is InChI=1S/C13H14N2O2/c14-8-2-4-12-10(6-8)9-5-7(13(16)17)1-3-11(9)15-12/h1,3,5,8,15H,2,4,6,14H2,(H,16,17)/t8-/m0/s1. The molecule has 0 spiro atoms. The predicted octanol–water partition coefficient (Wildman–Crippen LogP) is 1.68. The number of H-pyrrole nitrogens is 1. The van der Waals surface area contributed by atoms with E-state index < -0.39 is 5.97 Å². The highest BCUT2D eigenvalue weighted by Crippen LogP contribution is 2.29. The monoisotopic (exact) mass is 230 g/mol. The smallest absolute Gasteiger partial charge is 0.335 e. The Morgan fingerprint density at radius 1 is 1.47 bits per heavy atom. The molecule has 4 heteroatoms. The number of nitrogens with one attached hydrogen (secondary N) is 1. The van der Waals surface area contributed by atoms with E-state index in [-0.39, 0.29) is 6.04 Å². The van der Waals surface area contributed by atoms with Crippen molar-refractivity contribution in [3.63, 3.8) is 0 Å². The molecule has 88 valence electrons. The number of aromatic carboxylic acids is 1. The molecule has 1 aliphatic rings. The van der Waals surface area contributed by atoms with Gasteiger partial charge in [-0.15, -0.1) is 0 Å². The summed E-state index contributed by atoms with van der Waals surface area (Å²) in [4.78, 5) is 14.3. The van der Waals surface area contributed by atoms with E-state index in [1.807, 2.05) is 6.07 Å². The molecule has 17 heavy (non-hydrogen) atoms. The van der Waals surface area contributed by atoms with Crippen LogP contribution in [0.25, 0.3) is 10.9 Å². The predicted molar refractivity (Wildman–Crippen MR) is 65.3 cm³/mol. The van der Waals surface area contributed by atoms with Crippen molar-refractivity contribution in [3.8, 4) is 0 Å². The Labute approximate surface area is 98.4 Å². The van der Waals surface area contributed by atoms with Gasteiger partial charge >= 0.3 is 5.97 Å². The second-order valence-corrected chi connectivity index (χ2v) is 4.65. The van der Waals surface area contributed by atoms with E-state index in [4.69, 9.17) is 10.8 Å². The maximum atomic E-state index is 11.0. The van der Waals surface area contributed by atoms with Crippen LogP contribution in [0.3, 0.4) is 0 Å². The lowest BCUT2D eigenvalue weighted by Crippen LogP contribution is -2.27. The number of fused-ring (bicyclic) bond motifs is 3. The van der Waals surface area contributed by atoms with Crippen LogP contribution in [-0.4, -0.2) is 22.1 Å². The zero-order chi connectivity index (χ0) is 12.0. The van der Waals surface area contributed by atoms with E-state index in [1.165, 1.54) is 11.3 Å². The van der Waals surface area contributed by atoms with Gasteiger partial charge in [0.15, 0.2) is 0 Å². The average Bonchev–Trinajstić information content (AvgIpc) is 2.66. The maximum Gasteiger partial charge on any atom is 0.335 e. The number of rotatable bonds is 1. The van der Waals surface area contributed by atoms with Crippen LogP contribution in [0.15, 0.2) is 18.2 Å². The van der Waals surface area contributed by atoms with Crippen LogP contribution in [0.1, 0.15) is 28.0 Å². The lowest BCUT2D eigenvalue weighted by molar-refractivity contribution is 0.0697. The molecular weight excluding hydrogens is 216 g/mol. The first-order valence-corrected chi connectivity index (χ1v) is 5.77. The van der Waals surface area contributed by atoms with Gasteiger partial charge in [0.05, 0.1) is 5.56 Å². The molecule has 1 atom stereocenters. The van der Waals surface area contributed by atoms with Crippen LogP contribution in [0, 0.1) is 0 Å². The summed E-state index contributed by atoms with van der Waals surface area (Å²) in [6.07, 6.45) is 2.78. The number of benzene rings is 1. The van der Waals surface area contributed by atoms with E-state index in [0.29, 0.717) is 5.56 Å². The van der Waals surface area contributed by atoms with Crippen molar-refractivity contribution < 1.29 is 9.90 Å². The van der Waals surface area contributed by atoms with Gasteiger partial charge in [-0.1, -0.05) is 0 Å².